The Morgan fingerprint density at radius 1 is 1.35 bits per heavy atom. The molecule has 2 fully saturated rings. The molecule has 2 N–H and O–H groups in total. The first-order valence-electron chi connectivity index (χ1n) is 7.62. The van der Waals surface area contributed by atoms with Gasteiger partial charge in [-0.3, -0.25) is 0 Å². The van der Waals surface area contributed by atoms with Gasteiger partial charge in [0.1, 0.15) is 5.75 Å². The van der Waals surface area contributed by atoms with E-state index in [0.29, 0.717) is 12.0 Å². The van der Waals surface area contributed by atoms with Crippen LogP contribution in [0.4, 0.5) is 5.69 Å². The van der Waals surface area contributed by atoms with Crippen LogP contribution in [0, 0.1) is 5.92 Å². The molecular weight excluding hydrogens is 252 g/mol. The van der Waals surface area contributed by atoms with Crippen molar-refractivity contribution in [1.82, 2.24) is 0 Å². The van der Waals surface area contributed by atoms with Crippen LogP contribution in [0.25, 0.3) is 0 Å². The summed E-state index contributed by atoms with van der Waals surface area (Å²) in [6, 6.07) is 8.67. The molecule has 3 rings (SSSR count). The molecule has 4 heteroatoms. The molecule has 0 saturated carbocycles. The van der Waals surface area contributed by atoms with Gasteiger partial charge in [0.2, 0.25) is 0 Å². The molecule has 0 radical (unpaired) electrons. The van der Waals surface area contributed by atoms with Crippen LogP contribution in [-0.4, -0.2) is 39.0 Å². The quantitative estimate of drug-likeness (QED) is 0.914. The van der Waals surface area contributed by atoms with Gasteiger partial charge in [-0.1, -0.05) is 6.07 Å². The molecule has 2 unspecified atom stereocenters. The number of hydrogen-bond acceptors (Lipinski definition) is 4. The molecule has 2 atom stereocenters. The zero-order chi connectivity index (χ0) is 13.8. The third-order valence-corrected chi connectivity index (χ3v) is 4.15. The molecule has 1 aromatic carbocycles. The average Bonchev–Trinajstić information content (AvgIpc) is 2.99. The highest BCUT2D eigenvalue weighted by Crippen LogP contribution is 2.25. The fraction of sp³-hybridized carbons (Fsp3) is 0.625. The van der Waals surface area contributed by atoms with Crippen LogP contribution in [0.15, 0.2) is 24.3 Å². The van der Waals surface area contributed by atoms with Crippen LogP contribution in [-0.2, 0) is 4.74 Å². The number of piperidine rings is 1. The third-order valence-electron chi connectivity index (χ3n) is 4.15. The predicted octanol–water partition coefficient (Wildman–Crippen LogP) is 2.03. The Bertz CT molecular complexity index is 432. The summed E-state index contributed by atoms with van der Waals surface area (Å²) < 4.78 is 11.3. The molecule has 1 aromatic rings. The van der Waals surface area contributed by atoms with Crippen LogP contribution in [0.2, 0.25) is 0 Å². The maximum Gasteiger partial charge on any atom is 0.121 e. The van der Waals surface area contributed by atoms with Gasteiger partial charge in [0.25, 0.3) is 0 Å². The lowest BCUT2D eigenvalue weighted by molar-refractivity contribution is 0.167. The molecule has 110 valence electrons. The van der Waals surface area contributed by atoms with Gasteiger partial charge in [-0.25, -0.2) is 0 Å². The highest BCUT2D eigenvalue weighted by Gasteiger charge is 2.18. The van der Waals surface area contributed by atoms with E-state index in [2.05, 4.69) is 23.1 Å². The Labute approximate surface area is 120 Å². The zero-order valence-electron chi connectivity index (χ0n) is 12.0. The summed E-state index contributed by atoms with van der Waals surface area (Å²) in [5.74, 6) is 1.50. The standard InChI is InChI=1S/C16H24N2O2/c17-14-3-2-7-18(10-14)15-4-1-5-16(9-15)20-12-13-6-8-19-11-13/h1,4-5,9,13-14H,2-3,6-8,10-12,17H2. The van der Waals surface area contributed by atoms with E-state index in [1.807, 2.05) is 6.07 Å². The van der Waals surface area contributed by atoms with Crippen molar-refractivity contribution in [2.75, 3.05) is 37.8 Å². The van der Waals surface area contributed by atoms with Crippen molar-refractivity contribution < 1.29 is 9.47 Å². The molecule has 0 aliphatic carbocycles. The largest absolute Gasteiger partial charge is 0.493 e. The normalized spacial score (nSPS) is 26.8. The monoisotopic (exact) mass is 276 g/mol. The van der Waals surface area contributed by atoms with Crippen molar-refractivity contribution in [3.05, 3.63) is 24.3 Å². The zero-order valence-corrected chi connectivity index (χ0v) is 12.0. The first-order valence-corrected chi connectivity index (χ1v) is 7.62. The van der Waals surface area contributed by atoms with E-state index in [9.17, 15) is 0 Å². The number of ether oxygens (including phenoxy) is 2. The van der Waals surface area contributed by atoms with Gasteiger partial charge in [0.15, 0.2) is 0 Å². The number of benzene rings is 1. The Morgan fingerprint density at radius 2 is 2.30 bits per heavy atom. The van der Waals surface area contributed by atoms with E-state index in [1.54, 1.807) is 0 Å². The third kappa shape index (κ3) is 3.44. The molecule has 0 spiro atoms. The second kappa shape index (κ2) is 6.46. The van der Waals surface area contributed by atoms with Crippen LogP contribution < -0.4 is 15.4 Å². The maximum absolute atomic E-state index is 6.06. The second-order valence-electron chi connectivity index (χ2n) is 5.89. The molecule has 0 aromatic heterocycles. The van der Waals surface area contributed by atoms with E-state index in [4.69, 9.17) is 15.2 Å². The summed E-state index contributed by atoms with van der Waals surface area (Å²) in [7, 11) is 0. The highest BCUT2D eigenvalue weighted by atomic mass is 16.5. The van der Waals surface area contributed by atoms with E-state index in [-0.39, 0.29) is 0 Å². The average molecular weight is 276 g/mol. The first-order chi connectivity index (χ1) is 9.81. The molecule has 20 heavy (non-hydrogen) atoms. The van der Waals surface area contributed by atoms with Crippen molar-refractivity contribution >= 4 is 5.69 Å². The Morgan fingerprint density at radius 3 is 3.10 bits per heavy atom. The van der Waals surface area contributed by atoms with Gasteiger partial charge in [-0.15, -0.1) is 0 Å². The Hall–Kier alpha value is -1.26. The number of hydrogen-bond donors (Lipinski definition) is 1. The lowest BCUT2D eigenvalue weighted by atomic mass is 10.1. The van der Waals surface area contributed by atoms with Crippen LogP contribution >= 0.6 is 0 Å². The van der Waals surface area contributed by atoms with Crippen molar-refractivity contribution in [3.8, 4) is 5.75 Å². The lowest BCUT2D eigenvalue weighted by Crippen LogP contribution is -2.42. The minimum atomic E-state index is 0.295. The number of nitrogens with two attached hydrogens (primary N) is 1. The van der Waals surface area contributed by atoms with E-state index >= 15 is 0 Å². The van der Waals surface area contributed by atoms with Gasteiger partial charge in [0, 0.05) is 43.4 Å². The molecule has 2 heterocycles. The summed E-state index contributed by atoms with van der Waals surface area (Å²) in [5, 5.41) is 0. The predicted molar refractivity (Wildman–Crippen MR) is 80.3 cm³/mol. The van der Waals surface area contributed by atoms with E-state index < -0.39 is 0 Å². The van der Waals surface area contributed by atoms with Crippen molar-refractivity contribution in [2.45, 2.75) is 25.3 Å². The summed E-state index contributed by atoms with van der Waals surface area (Å²) in [4.78, 5) is 2.36. The van der Waals surface area contributed by atoms with Crippen molar-refractivity contribution in [2.24, 2.45) is 11.7 Å². The summed E-state index contributed by atoms with van der Waals surface area (Å²) in [5.41, 5.74) is 7.28. The molecular formula is C16H24N2O2. The number of anilines is 1. The Kier molecular flexibility index (Phi) is 4.43. The van der Waals surface area contributed by atoms with Crippen LogP contribution in [0.5, 0.6) is 5.75 Å². The summed E-state index contributed by atoms with van der Waals surface area (Å²) in [6.07, 6.45) is 3.42. The maximum atomic E-state index is 6.06. The SMILES string of the molecule is NC1CCCN(c2cccc(OCC3CCOC3)c2)C1. The Balaban J connectivity index is 1.59. The summed E-state index contributed by atoms with van der Waals surface area (Å²) >= 11 is 0. The highest BCUT2D eigenvalue weighted by molar-refractivity contribution is 5.51. The molecule has 4 nitrogen and oxygen atoms in total. The van der Waals surface area contributed by atoms with Gasteiger partial charge >= 0.3 is 0 Å². The van der Waals surface area contributed by atoms with Crippen LogP contribution in [0.1, 0.15) is 19.3 Å². The fourth-order valence-electron chi connectivity index (χ4n) is 2.94. The molecule has 2 saturated heterocycles. The van der Waals surface area contributed by atoms with Crippen molar-refractivity contribution in [3.63, 3.8) is 0 Å². The lowest BCUT2D eigenvalue weighted by Gasteiger charge is -2.32. The number of rotatable bonds is 4. The van der Waals surface area contributed by atoms with Gasteiger partial charge in [-0.2, -0.15) is 0 Å². The fourth-order valence-corrected chi connectivity index (χ4v) is 2.94. The smallest absolute Gasteiger partial charge is 0.121 e. The van der Waals surface area contributed by atoms with Gasteiger partial charge < -0.3 is 20.1 Å². The topological polar surface area (TPSA) is 47.7 Å². The first kappa shape index (κ1) is 13.7. The van der Waals surface area contributed by atoms with E-state index in [0.717, 1.165) is 51.5 Å². The number of nitrogens with zero attached hydrogens (tertiary/aromatic N) is 1. The molecule has 2 aliphatic rings. The van der Waals surface area contributed by atoms with E-state index in [1.165, 1.54) is 12.1 Å². The molecule has 2 aliphatic heterocycles. The van der Waals surface area contributed by atoms with Crippen molar-refractivity contribution in [1.29, 1.82) is 0 Å². The van der Waals surface area contributed by atoms with Gasteiger partial charge in [-0.05, 0) is 31.4 Å². The molecule has 0 bridgehead atoms. The summed E-state index contributed by atoms with van der Waals surface area (Å²) in [6.45, 7) is 4.50. The second-order valence-corrected chi connectivity index (χ2v) is 5.89. The van der Waals surface area contributed by atoms with Crippen LogP contribution in [0.3, 0.4) is 0 Å². The minimum Gasteiger partial charge on any atom is -0.493 e. The molecule has 0 amide bonds. The van der Waals surface area contributed by atoms with Gasteiger partial charge in [0.05, 0.1) is 13.2 Å². The minimum absolute atomic E-state index is 0.295.